The van der Waals surface area contributed by atoms with E-state index in [0.29, 0.717) is 6.42 Å². The molecule has 244 valence electrons. The third-order valence-electron chi connectivity index (χ3n) is 8.22. The molecule has 0 aliphatic carbocycles. The molecule has 0 saturated carbocycles. The maximum absolute atomic E-state index is 13.2. The number of carbonyl (C=O) groups excluding carboxylic acids is 2. The average Bonchev–Trinajstić information content (AvgIpc) is 2.95. The van der Waals surface area contributed by atoms with E-state index in [1.165, 1.54) is 96.3 Å². The van der Waals surface area contributed by atoms with Crippen molar-refractivity contribution in [2.45, 2.75) is 187 Å². The van der Waals surface area contributed by atoms with Crippen LogP contribution in [0.1, 0.15) is 181 Å². The van der Waals surface area contributed by atoms with Crippen molar-refractivity contribution in [3.8, 4) is 0 Å². The Bertz CT molecular complexity index is 580. The van der Waals surface area contributed by atoms with E-state index in [2.05, 4.69) is 39.8 Å². The Kier molecular flexibility index (Phi) is 29.5. The van der Waals surface area contributed by atoms with Gasteiger partial charge in [0.1, 0.15) is 12.7 Å². The van der Waals surface area contributed by atoms with Gasteiger partial charge in [0, 0.05) is 6.42 Å². The topological polar surface area (TPSA) is 55.8 Å². The van der Waals surface area contributed by atoms with Crippen LogP contribution in [-0.4, -0.2) is 50.2 Å². The first-order valence-electron chi connectivity index (χ1n) is 17.9. The molecular formula is C36H71NO4. The van der Waals surface area contributed by atoms with Crippen molar-refractivity contribution in [1.82, 2.24) is 4.90 Å². The Hall–Kier alpha value is -1.10. The standard InChI is InChI=1S/C36H71NO4/c1-6-9-12-15-17-18-19-21-24-29-34(41-35(38)30-25-26-31-37(4)5)32-40-36(39)33(27-22-14-11-8-3)28-23-20-16-13-10-7-2/h33-34H,6-32H2,1-5H3. The van der Waals surface area contributed by atoms with Gasteiger partial charge in [-0.15, -0.1) is 0 Å². The summed E-state index contributed by atoms with van der Waals surface area (Å²) >= 11 is 0. The molecule has 0 N–H and O–H groups in total. The molecule has 0 bridgehead atoms. The van der Waals surface area contributed by atoms with E-state index in [-0.39, 0.29) is 30.6 Å². The van der Waals surface area contributed by atoms with Gasteiger partial charge in [-0.3, -0.25) is 9.59 Å². The Morgan fingerprint density at radius 3 is 1.49 bits per heavy atom. The summed E-state index contributed by atoms with van der Waals surface area (Å²) in [5.74, 6) is -0.244. The van der Waals surface area contributed by atoms with Gasteiger partial charge in [-0.1, -0.05) is 136 Å². The molecular weight excluding hydrogens is 510 g/mol. The normalized spacial score (nSPS) is 12.9. The Morgan fingerprint density at radius 2 is 1.00 bits per heavy atom. The van der Waals surface area contributed by atoms with Gasteiger partial charge in [0.25, 0.3) is 0 Å². The van der Waals surface area contributed by atoms with E-state index in [1.54, 1.807) is 0 Å². The van der Waals surface area contributed by atoms with E-state index in [0.717, 1.165) is 64.3 Å². The minimum Gasteiger partial charge on any atom is -0.462 e. The average molecular weight is 582 g/mol. The molecule has 5 heteroatoms. The Morgan fingerprint density at radius 1 is 0.561 bits per heavy atom. The van der Waals surface area contributed by atoms with Gasteiger partial charge in [-0.2, -0.15) is 0 Å². The maximum atomic E-state index is 13.2. The van der Waals surface area contributed by atoms with Crippen LogP contribution in [0.5, 0.6) is 0 Å². The third kappa shape index (κ3) is 27.5. The molecule has 0 spiro atoms. The summed E-state index contributed by atoms with van der Waals surface area (Å²) in [5.41, 5.74) is 0. The highest BCUT2D eigenvalue weighted by molar-refractivity contribution is 5.72. The van der Waals surface area contributed by atoms with Gasteiger partial charge < -0.3 is 14.4 Å². The van der Waals surface area contributed by atoms with Crippen molar-refractivity contribution in [2.75, 3.05) is 27.2 Å². The lowest BCUT2D eigenvalue weighted by atomic mass is 9.94. The molecule has 2 atom stereocenters. The van der Waals surface area contributed by atoms with Crippen molar-refractivity contribution in [3.05, 3.63) is 0 Å². The van der Waals surface area contributed by atoms with Crippen molar-refractivity contribution in [2.24, 2.45) is 5.92 Å². The molecule has 0 aliphatic heterocycles. The molecule has 0 radical (unpaired) electrons. The number of carbonyl (C=O) groups is 2. The minimum absolute atomic E-state index is 0.0203. The zero-order valence-electron chi connectivity index (χ0n) is 28.3. The summed E-state index contributed by atoms with van der Waals surface area (Å²) in [4.78, 5) is 27.9. The maximum Gasteiger partial charge on any atom is 0.309 e. The van der Waals surface area contributed by atoms with Crippen LogP contribution in [-0.2, 0) is 19.1 Å². The van der Waals surface area contributed by atoms with Crippen LogP contribution in [0.3, 0.4) is 0 Å². The van der Waals surface area contributed by atoms with E-state index < -0.39 is 0 Å². The summed E-state index contributed by atoms with van der Waals surface area (Å²) in [5, 5.41) is 0. The van der Waals surface area contributed by atoms with E-state index in [9.17, 15) is 9.59 Å². The predicted molar refractivity (Wildman–Crippen MR) is 175 cm³/mol. The SMILES string of the molecule is CCCCCCCCCCCC(COC(=O)C(CCCCCC)CCCCCCCC)OC(=O)CCCCN(C)C. The van der Waals surface area contributed by atoms with Crippen molar-refractivity contribution >= 4 is 11.9 Å². The molecule has 5 nitrogen and oxygen atoms in total. The number of nitrogens with zero attached hydrogens (tertiary/aromatic N) is 1. The zero-order chi connectivity index (χ0) is 30.4. The van der Waals surface area contributed by atoms with Crippen LogP contribution in [0.2, 0.25) is 0 Å². The quantitative estimate of drug-likeness (QED) is 0.0602. The van der Waals surface area contributed by atoms with Gasteiger partial charge >= 0.3 is 11.9 Å². The lowest BCUT2D eigenvalue weighted by Gasteiger charge is -2.21. The van der Waals surface area contributed by atoms with Crippen molar-refractivity contribution < 1.29 is 19.1 Å². The van der Waals surface area contributed by atoms with Gasteiger partial charge in [-0.25, -0.2) is 0 Å². The highest BCUT2D eigenvalue weighted by Crippen LogP contribution is 2.21. The third-order valence-corrected chi connectivity index (χ3v) is 8.22. The lowest BCUT2D eigenvalue weighted by Crippen LogP contribution is -2.28. The summed E-state index contributed by atoms with van der Waals surface area (Å²) in [6, 6.07) is 0. The van der Waals surface area contributed by atoms with Crippen LogP contribution in [0.4, 0.5) is 0 Å². The van der Waals surface area contributed by atoms with Gasteiger partial charge in [-0.05, 0) is 59.2 Å². The largest absolute Gasteiger partial charge is 0.462 e. The fourth-order valence-electron chi connectivity index (χ4n) is 5.46. The molecule has 41 heavy (non-hydrogen) atoms. The number of ether oxygens (including phenoxy) is 2. The number of rotatable bonds is 31. The fourth-order valence-corrected chi connectivity index (χ4v) is 5.46. The van der Waals surface area contributed by atoms with Gasteiger partial charge in [0.05, 0.1) is 5.92 Å². The molecule has 0 heterocycles. The van der Waals surface area contributed by atoms with Gasteiger partial charge in [0.2, 0.25) is 0 Å². The highest BCUT2D eigenvalue weighted by Gasteiger charge is 2.22. The van der Waals surface area contributed by atoms with Crippen LogP contribution in [0.25, 0.3) is 0 Å². The lowest BCUT2D eigenvalue weighted by molar-refractivity contribution is -0.162. The Labute approximate surface area is 256 Å². The van der Waals surface area contributed by atoms with Crippen LogP contribution in [0, 0.1) is 5.92 Å². The number of hydrogen-bond acceptors (Lipinski definition) is 5. The van der Waals surface area contributed by atoms with E-state index in [4.69, 9.17) is 9.47 Å². The smallest absolute Gasteiger partial charge is 0.309 e. The molecule has 2 unspecified atom stereocenters. The first-order chi connectivity index (χ1) is 19.9. The Balaban J connectivity index is 4.77. The summed E-state index contributed by atoms with van der Waals surface area (Å²) in [6.07, 6.45) is 28.0. The monoisotopic (exact) mass is 582 g/mol. The summed E-state index contributed by atoms with van der Waals surface area (Å²) in [7, 11) is 4.11. The molecule has 0 fully saturated rings. The number of unbranched alkanes of at least 4 members (excludes halogenated alkanes) is 17. The second-order valence-electron chi connectivity index (χ2n) is 12.7. The first-order valence-corrected chi connectivity index (χ1v) is 17.9. The predicted octanol–water partition coefficient (Wildman–Crippen LogP) is 10.4. The first kappa shape index (κ1) is 39.9. The second-order valence-corrected chi connectivity index (χ2v) is 12.7. The molecule has 0 saturated heterocycles. The summed E-state index contributed by atoms with van der Waals surface area (Å²) in [6.45, 7) is 7.91. The highest BCUT2D eigenvalue weighted by atomic mass is 16.6. The molecule has 0 rings (SSSR count). The molecule has 0 aliphatic rings. The summed E-state index contributed by atoms with van der Waals surface area (Å²) < 4.78 is 11.8. The van der Waals surface area contributed by atoms with Crippen LogP contribution in [0.15, 0.2) is 0 Å². The molecule has 0 aromatic heterocycles. The van der Waals surface area contributed by atoms with E-state index in [1.807, 2.05) is 0 Å². The molecule has 0 amide bonds. The number of esters is 2. The fraction of sp³-hybridized carbons (Fsp3) is 0.944. The van der Waals surface area contributed by atoms with Crippen LogP contribution < -0.4 is 0 Å². The number of hydrogen-bond donors (Lipinski definition) is 0. The van der Waals surface area contributed by atoms with Gasteiger partial charge in [0.15, 0.2) is 0 Å². The van der Waals surface area contributed by atoms with Crippen LogP contribution >= 0.6 is 0 Å². The second kappa shape index (κ2) is 30.4. The molecule has 0 aromatic rings. The van der Waals surface area contributed by atoms with E-state index >= 15 is 0 Å². The van der Waals surface area contributed by atoms with Crippen molar-refractivity contribution in [1.29, 1.82) is 0 Å². The van der Waals surface area contributed by atoms with Crippen molar-refractivity contribution in [3.63, 3.8) is 0 Å². The minimum atomic E-state index is -0.320. The molecule has 0 aromatic carbocycles. The zero-order valence-corrected chi connectivity index (χ0v) is 28.3.